The summed E-state index contributed by atoms with van der Waals surface area (Å²) in [5.41, 5.74) is 3.10. The molecule has 1 aliphatic heterocycles. The van der Waals surface area contributed by atoms with Gasteiger partial charge in [-0.1, -0.05) is 48.5 Å². The molecule has 0 aromatic heterocycles. The lowest BCUT2D eigenvalue weighted by atomic mass is 10.0. The number of aliphatic imine (C=N–C) groups is 1. The van der Waals surface area contributed by atoms with Gasteiger partial charge in [0, 0.05) is 36.0 Å². The van der Waals surface area contributed by atoms with Crippen LogP contribution < -0.4 is 15.5 Å². The Balaban J connectivity index is 1.63. The van der Waals surface area contributed by atoms with Crippen LogP contribution in [-0.2, 0) is 4.79 Å². The van der Waals surface area contributed by atoms with E-state index in [2.05, 4.69) is 15.6 Å². The van der Waals surface area contributed by atoms with Gasteiger partial charge in [0.15, 0.2) is 0 Å². The molecule has 0 saturated carbocycles. The van der Waals surface area contributed by atoms with Gasteiger partial charge in [0.1, 0.15) is 0 Å². The zero-order valence-electron chi connectivity index (χ0n) is 17.1. The van der Waals surface area contributed by atoms with Gasteiger partial charge in [0.25, 0.3) is 11.6 Å². The van der Waals surface area contributed by atoms with Gasteiger partial charge in [-0.3, -0.25) is 14.9 Å². The molecule has 1 unspecified atom stereocenters. The molecule has 32 heavy (non-hydrogen) atoms. The molecule has 1 aliphatic rings. The average molecular weight is 429 g/mol. The maximum absolute atomic E-state index is 13.1. The predicted octanol–water partition coefficient (Wildman–Crippen LogP) is 3.56. The molecule has 2 N–H and O–H groups in total. The van der Waals surface area contributed by atoms with E-state index in [0.29, 0.717) is 17.1 Å². The largest absolute Gasteiger partial charge is 0.321 e. The van der Waals surface area contributed by atoms with Crippen LogP contribution in [-0.4, -0.2) is 35.8 Å². The summed E-state index contributed by atoms with van der Waals surface area (Å²) in [6, 6.07) is 21.5. The van der Waals surface area contributed by atoms with Crippen LogP contribution in [0.25, 0.3) is 0 Å². The van der Waals surface area contributed by atoms with Gasteiger partial charge in [-0.15, -0.1) is 0 Å². The Hall–Kier alpha value is -4.53. The summed E-state index contributed by atoms with van der Waals surface area (Å²) in [4.78, 5) is 42.0. The maximum Gasteiger partial charge on any atom is 0.321 e. The molecule has 0 fully saturated rings. The fourth-order valence-corrected chi connectivity index (χ4v) is 3.40. The molecule has 0 spiro atoms. The Morgan fingerprint density at radius 3 is 2.34 bits per heavy atom. The van der Waals surface area contributed by atoms with Gasteiger partial charge in [0.2, 0.25) is 6.17 Å². The zero-order chi connectivity index (χ0) is 22.7. The number of carbonyl (C=O) groups excluding carboxylic acids is 2. The standard InChI is InChI=1S/C23H19N5O4/c1-27-19-10-6-5-9-18(19)20(15-7-3-2-4-8-15)25-21(22(27)29)26-23(30)24-16-11-13-17(14-12-16)28(31)32/h2-14,21H,1H3,(H2,24,26,30). The summed E-state index contributed by atoms with van der Waals surface area (Å²) in [5.74, 6) is -0.401. The molecule has 3 amide bonds. The summed E-state index contributed by atoms with van der Waals surface area (Å²) < 4.78 is 0. The third-order valence-electron chi connectivity index (χ3n) is 4.99. The number of hydrogen-bond donors (Lipinski definition) is 2. The number of fused-ring (bicyclic) bond motifs is 1. The van der Waals surface area contributed by atoms with E-state index < -0.39 is 23.0 Å². The normalized spacial score (nSPS) is 15.3. The fourth-order valence-electron chi connectivity index (χ4n) is 3.40. The number of benzodiazepines with no additional fused rings is 1. The van der Waals surface area contributed by atoms with E-state index in [1.54, 1.807) is 7.05 Å². The summed E-state index contributed by atoms with van der Waals surface area (Å²) in [7, 11) is 1.63. The minimum absolute atomic E-state index is 0.0913. The first-order valence-electron chi connectivity index (χ1n) is 9.76. The Morgan fingerprint density at radius 1 is 1.00 bits per heavy atom. The van der Waals surface area contributed by atoms with Crippen LogP contribution in [0.5, 0.6) is 0 Å². The monoisotopic (exact) mass is 429 g/mol. The van der Waals surface area contributed by atoms with Crippen LogP contribution >= 0.6 is 0 Å². The highest BCUT2D eigenvalue weighted by Crippen LogP contribution is 2.27. The summed E-state index contributed by atoms with van der Waals surface area (Å²) in [6.07, 6.45) is -1.17. The van der Waals surface area contributed by atoms with E-state index in [0.717, 1.165) is 11.1 Å². The smallest absolute Gasteiger partial charge is 0.311 e. The van der Waals surface area contributed by atoms with Crippen molar-refractivity contribution in [3.8, 4) is 0 Å². The molecule has 0 aliphatic carbocycles. The van der Waals surface area contributed by atoms with Crippen molar-refractivity contribution in [2.45, 2.75) is 6.17 Å². The van der Waals surface area contributed by atoms with Crippen LogP contribution in [0.2, 0.25) is 0 Å². The van der Waals surface area contributed by atoms with Gasteiger partial charge >= 0.3 is 6.03 Å². The number of nitrogens with zero attached hydrogens (tertiary/aromatic N) is 3. The number of anilines is 2. The number of nitro groups is 1. The fraction of sp³-hybridized carbons (Fsp3) is 0.0870. The van der Waals surface area contributed by atoms with Crippen molar-refractivity contribution in [1.82, 2.24) is 5.32 Å². The number of likely N-dealkylation sites (N-methyl/N-ethyl adjacent to an activating group) is 1. The molecule has 9 heteroatoms. The lowest BCUT2D eigenvalue weighted by Crippen LogP contribution is -2.47. The summed E-state index contributed by atoms with van der Waals surface area (Å²) in [6.45, 7) is 0. The topological polar surface area (TPSA) is 117 Å². The van der Waals surface area contributed by atoms with Crippen LogP contribution in [0.15, 0.2) is 83.9 Å². The second kappa shape index (κ2) is 8.68. The minimum Gasteiger partial charge on any atom is -0.311 e. The molecule has 1 atom stereocenters. The van der Waals surface area contributed by atoms with Crippen LogP contribution in [0, 0.1) is 10.1 Å². The summed E-state index contributed by atoms with van der Waals surface area (Å²) >= 11 is 0. The van der Waals surface area contributed by atoms with Crippen LogP contribution in [0.4, 0.5) is 21.9 Å². The van der Waals surface area contributed by atoms with E-state index in [1.807, 2.05) is 54.6 Å². The van der Waals surface area contributed by atoms with Crippen molar-refractivity contribution in [3.05, 3.63) is 100 Å². The molecule has 3 aromatic carbocycles. The SMILES string of the molecule is CN1C(=O)C(NC(=O)Nc2ccc([N+](=O)[O-])cc2)N=C(c2ccccc2)c2ccccc21. The number of rotatable bonds is 4. The predicted molar refractivity (Wildman–Crippen MR) is 121 cm³/mol. The highest BCUT2D eigenvalue weighted by Gasteiger charge is 2.30. The quantitative estimate of drug-likeness (QED) is 0.487. The Morgan fingerprint density at radius 2 is 1.66 bits per heavy atom. The van der Waals surface area contributed by atoms with E-state index in [9.17, 15) is 19.7 Å². The van der Waals surface area contributed by atoms with E-state index in [-0.39, 0.29) is 5.69 Å². The number of para-hydroxylation sites is 1. The van der Waals surface area contributed by atoms with Crippen molar-refractivity contribution in [3.63, 3.8) is 0 Å². The Bertz CT molecular complexity index is 1210. The Labute approximate surface area is 183 Å². The van der Waals surface area contributed by atoms with Gasteiger partial charge in [-0.05, 0) is 18.2 Å². The molecular weight excluding hydrogens is 410 g/mol. The Kier molecular flexibility index (Phi) is 5.63. The van der Waals surface area contributed by atoms with Gasteiger partial charge in [-0.25, -0.2) is 9.79 Å². The zero-order valence-corrected chi connectivity index (χ0v) is 17.1. The number of urea groups is 1. The molecule has 4 rings (SSSR count). The number of nitrogens with one attached hydrogen (secondary N) is 2. The molecule has 9 nitrogen and oxygen atoms in total. The second-order valence-corrected chi connectivity index (χ2v) is 7.06. The summed E-state index contributed by atoms with van der Waals surface area (Å²) in [5, 5.41) is 16.0. The van der Waals surface area contributed by atoms with Crippen LogP contribution in [0.3, 0.4) is 0 Å². The first kappa shape index (κ1) is 20.7. The number of non-ortho nitro benzene ring substituents is 1. The van der Waals surface area contributed by atoms with E-state index in [4.69, 9.17) is 0 Å². The molecule has 3 aromatic rings. The average Bonchev–Trinajstić information content (AvgIpc) is 2.91. The van der Waals surface area contributed by atoms with Crippen molar-refractivity contribution in [2.24, 2.45) is 4.99 Å². The van der Waals surface area contributed by atoms with E-state index >= 15 is 0 Å². The third-order valence-corrected chi connectivity index (χ3v) is 4.99. The van der Waals surface area contributed by atoms with Crippen molar-refractivity contribution < 1.29 is 14.5 Å². The first-order valence-corrected chi connectivity index (χ1v) is 9.76. The first-order chi connectivity index (χ1) is 15.4. The highest BCUT2D eigenvalue weighted by molar-refractivity contribution is 6.20. The number of nitro benzene ring substituents is 1. The van der Waals surface area contributed by atoms with Crippen molar-refractivity contribution >= 4 is 34.7 Å². The van der Waals surface area contributed by atoms with Gasteiger partial charge < -0.3 is 15.5 Å². The lowest BCUT2D eigenvalue weighted by molar-refractivity contribution is -0.384. The number of carbonyl (C=O) groups is 2. The number of amides is 3. The molecule has 0 bridgehead atoms. The lowest BCUT2D eigenvalue weighted by Gasteiger charge is -2.21. The minimum atomic E-state index is -1.17. The molecular formula is C23H19N5O4. The van der Waals surface area contributed by atoms with E-state index in [1.165, 1.54) is 29.2 Å². The second-order valence-electron chi connectivity index (χ2n) is 7.06. The maximum atomic E-state index is 13.1. The molecule has 160 valence electrons. The number of hydrogen-bond acceptors (Lipinski definition) is 5. The van der Waals surface area contributed by atoms with Crippen molar-refractivity contribution in [2.75, 3.05) is 17.3 Å². The molecule has 1 heterocycles. The molecule has 0 saturated heterocycles. The molecule has 0 radical (unpaired) electrons. The number of benzene rings is 3. The van der Waals surface area contributed by atoms with Crippen LogP contribution in [0.1, 0.15) is 11.1 Å². The van der Waals surface area contributed by atoms with Gasteiger partial charge in [0.05, 0.1) is 16.3 Å². The third kappa shape index (κ3) is 4.17. The van der Waals surface area contributed by atoms with Gasteiger partial charge in [-0.2, -0.15) is 0 Å². The van der Waals surface area contributed by atoms with Crippen molar-refractivity contribution in [1.29, 1.82) is 0 Å². The highest BCUT2D eigenvalue weighted by atomic mass is 16.6.